The van der Waals surface area contributed by atoms with Crippen LogP contribution in [0.25, 0.3) is 33.3 Å². The summed E-state index contributed by atoms with van der Waals surface area (Å²) in [7, 11) is 0. The van der Waals surface area contributed by atoms with Crippen LogP contribution in [0, 0.1) is 0 Å². The van der Waals surface area contributed by atoms with Crippen molar-refractivity contribution in [3.05, 3.63) is 65.0 Å². The van der Waals surface area contributed by atoms with E-state index in [2.05, 4.69) is 24.8 Å². The van der Waals surface area contributed by atoms with Crippen LogP contribution < -0.4 is 10.5 Å². The third-order valence-corrected chi connectivity index (χ3v) is 4.54. The number of anilines is 1. The van der Waals surface area contributed by atoms with Gasteiger partial charge in [0.05, 0.1) is 0 Å². The lowest BCUT2D eigenvalue weighted by molar-refractivity contribution is 0.555. The number of nitrogens with zero attached hydrogens (tertiary/aromatic N) is 1. The van der Waals surface area contributed by atoms with E-state index in [4.69, 9.17) is 8.83 Å². The van der Waals surface area contributed by atoms with Crippen molar-refractivity contribution in [3.63, 3.8) is 0 Å². The summed E-state index contributed by atoms with van der Waals surface area (Å²) < 4.78 is 11.4. The van der Waals surface area contributed by atoms with Crippen molar-refractivity contribution >= 4 is 27.6 Å². The fourth-order valence-electron chi connectivity index (χ4n) is 3.17. The summed E-state index contributed by atoms with van der Waals surface area (Å²) in [5, 5.41) is 1.85. The van der Waals surface area contributed by atoms with Crippen molar-refractivity contribution in [2.24, 2.45) is 0 Å². The van der Waals surface area contributed by atoms with Gasteiger partial charge < -0.3 is 13.7 Å². The topological polar surface area (TPSA) is 46.6 Å². The highest BCUT2D eigenvalue weighted by molar-refractivity contribution is 5.87. The zero-order valence-electron chi connectivity index (χ0n) is 14.3. The highest BCUT2D eigenvalue weighted by atomic mass is 16.4. The first kappa shape index (κ1) is 15.5. The maximum absolute atomic E-state index is 12.5. The Bertz CT molecular complexity index is 1070. The van der Waals surface area contributed by atoms with Gasteiger partial charge in [0, 0.05) is 35.6 Å². The molecule has 2 heterocycles. The molecule has 4 rings (SSSR count). The van der Waals surface area contributed by atoms with Crippen molar-refractivity contribution in [3.8, 4) is 11.3 Å². The van der Waals surface area contributed by atoms with Crippen molar-refractivity contribution in [2.75, 3.05) is 18.0 Å². The number of benzene rings is 2. The number of furan rings is 1. The van der Waals surface area contributed by atoms with Gasteiger partial charge in [0.25, 0.3) is 0 Å². The maximum Gasteiger partial charge on any atom is 0.347 e. The number of rotatable bonds is 4. The molecule has 0 N–H and O–H groups in total. The molecule has 0 unspecified atom stereocenters. The van der Waals surface area contributed by atoms with Crippen LogP contribution in [0.15, 0.2) is 68.2 Å². The lowest BCUT2D eigenvalue weighted by Crippen LogP contribution is -2.21. The molecule has 2 aromatic heterocycles. The molecule has 0 radical (unpaired) electrons. The zero-order valence-corrected chi connectivity index (χ0v) is 14.3. The summed E-state index contributed by atoms with van der Waals surface area (Å²) >= 11 is 0. The molecular formula is C21H19NO3. The SMILES string of the molecule is CCN(CC)c1ccc2cc(-c3cc4ccccc4o3)c(=O)oc2c1. The van der Waals surface area contributed by atoms with Crippen LogP contribution in [0.2, 0.25) is 0 Å². The first-order valence-corrected chi connectivity index (χ1v) is 8.51. The van der Waals surface area contributed by atoms with Gasteiger partial charge in [-0.1, -0.05) is 18.2 Å². The Balaban J connectivity index is 1.84. The average molecular weight is 333 g/mol. The quantitative estimate of drug-likeness (QED) is 0.490. The standard InChI is InChI=1S/C21H19NO3/c1-3-22(4-2)16-10-9-15-11-17(21(23)25-19(15)13-16)20-12-14-7-5-6-8-18(14)24-20/h5-13H,3-4H2,1-2H3. The van der Waals surface area contributed by atoms with E-state index in [9.17, 15) is 4.79 Å². The lowest BCUT2D eigenvalue weighted by Gasteiger charge is -2.20. The first-order chi connectivity index (χ1) is 12.2. The number of fused-ring (bicyclic) bond motifs is 2. The van der Waals surface area contributed by atoms with Crippen LogP contribution in [0.3, 0.4) is 0 Å². The van der Waals surface area contributed by atoms with Gasteiger partial charge in [-0.05, 0) is 44.2 Å². The summed E-state index contributed by atoms with van der Waals surface area (Å²) in [6.07, 6.45) is 0. The molecule has 25 heavy (non-hydrogen) atoms. The van der Waals surface area contributed by atoms with Crippen LogP contribution in [0.4, 0.5) is 5.69 Å². The Labute approximate surface area is 145 Å². The normalized spacial score (nSPS) is 11.3. The van der Waals surface area contributed by atoms with E-state index in [0.717, 1.165) is 35.1 Å². The minimum atomic E-state index is -0.386. The van der Waals surface area contributed by atoms with Gasteiger partial charge in [-0.2, -0.15) is 0 Å². The molecule has 4 heteroatoms. The second-order valence-corrected chi connectivity index (χ2v) is 5.99. The molecule has 4 aromatic rings. The van der Waals surface area contributed by atoms with Crippen LogP contribution in [0.1, 0.15) is 13.8 Å². The number of para-hydroxylation sites is 1. The summed E-state index contributed by atoms with van der Waals surface area (Å²) in [4.78, 5) is 14.7. The van der Waals surface area contributed by atoms with E-state index in [1.165, 1.54) is 0 Å². The highest BCUT2D eigenvalue weighted by Gasteiger charge is 2.13. The number of hydrogen-bond acceptors (Lipinski definition) is 4. The van der Waals surface area contributed by atoms with Crippen LogP contribution >= 0.6 is 0 Å². The van der Waals surface area contributed by atoms with Gasteiger partial charge in [0.15, 0.2) is 0 Å². The molecule has 0 spiro atoms. The molecule has 0 fully saturated rings. The van der Waals surface area contributed by atoms with Gasteiger partial charge in [-0.15, -0.1) is 0 Å². The first-order valence-electron chi connectivity index (χ1n) is 8.51. The van der Waals surface area contributed by atoms with Gasteiger partial charge in [-0.25, -0.2) is 4.79 Å². The predicted molar refractivity (Wildman–Crippen MR) is 101 cm³/mol. The lowest BCUT2D eigenvalue weighted by atomic mass is 10.1. The largest absolute Gasteiger partial charge is 0.456 e. The summed E-state index contributed by atoms with van der Waals surface area (Å²) in [6, 6.07) is 17.4. The molecule has 0 saturated heterocycles. The smallest absolute Gasteiger partial charge is 0.347 e. The van der Waals surface area contributed by atoms with Crippen molar-refractivity contribution in [1.29, 1.82) is 0 Å². The molecule has 0 amide bonds. The number of hydrogen-bond donors (Lipinski definition) is 0. The molecular weight excluding hydrogens is 314 g/mol. The monoisotopic (exact) mass is 333 g/mol. The van der Waals surface area contributed by atoms with Gasteiger partial charge in [0.1, 0.15) is 22.5 Å². The third kappa shape index (κ3) is 2.70. The second-order valence-electron chi connectivity index (χ2n) is 5.99. The van der Waals surface area contributed by atoms with Crippen LogP contribution in [-0.4, -0.2) is 13.1 Å². The van der Waals surface area contributed by atoms with E-state index < -0.39 is 0 Å². The Hall–Kier alpha value is -3.01. The summed E-state index contributed by atoms with van der Waals surface area (Å²) in [5.41, 5.74) is 2.46. The molecule has 0 saturated carbocycles. The Morgan fingerprint density at radius 3 is 2.36 bits per heavy atom. The molecule has 4 nitrogen and oxygen atoms in total. The fraction of sp³-hybridized carbons (Fsp3) is 0.190. The third-order valence-electron chi connectivity index (χ3n) is 4.54. The Kier molecular flexibility index (Phi) is 3.80. The molecule has 2 aromatic carbocycles. The molecule has 0 bridgehead atoms. The second kappa shape index (κ2) is 6.13. The van der Waals surface area contributed by atoms with Gasteiger partial charge >= 0.3 is 5.63 Å². The summed E-state index contributed by atoms with van der Waals surface area (Å²) in [6.45, 7) is 6.02. The summed E-state index contributed by atoms with van der Waals surface area (Å²) in [5.74, 6) is 0.532. The van der Waals surface area contributed by atoms with Gasteiger partial charge in [0.2, 0.25) is 0 Å². The van der Waals surface area contributed by atoms with E-state index in [-0.39, 0.29) is 5.63 Å². The Morgan fingerprint density at radius 1 is 0.840 bits per heavy atom. The van der Waals surface area contributed by atoms with Crippen molar-refractivity contribution in [2.45, 2.75) is 13.8 Å². The van der Waals surface area contributed by atoms with Gasteiger partial charge in [-0.3, -0.25) is 0 Å². The molecule has 0 aliphatic rings. The highest BCUT2D eigenvalue weighted by Crippen LogP contribution is 2.29. The van der Waals surface area contributed by atoms with E-state index in [1.54, 1.807) is 0 Å². The van der Waals surface area contributed by atoms with E-state index in [0.29, 0.717) is 16.9 Å². The van der Waals surface area contributed by atoms with Crippen LogP contribution in [0.5, 0.6) is 0 Å². The van der Waals surface area contributed by atoms with Crippen LogP contribution in [-0.2, 0) is 0 Å². The fourth-order valence-corrected chi connectivity index (χ4v) is 3.17. The average Bonchev–Trinajstić information content (AvgIpc) is 3.06. The predicted octanol–water partition coefficient (Wildman–Crippen LogP) is 5.05. The molecule has 0 atom stereocenters. The van der Waals surface area contributed by atoms with Crippen molar-refractivity contribution in [1.82, 2.24) is 0 Å². The van der Waals surface area contributed by atoms with E-state index in [1.807, 2.05) is 48.5 Å². The van der Waals surface area contributed by atoms with Crippen molar-refractivity contribution < 1.29 is 8.83 Å². The van der Waals surface area contributed by atoms with E-state index >= 15 is 0 Å². The molecule has 0 aliphatic heterocycles. The maximum atomic E-state index is 12.5. The minimum absolute atomic E-state index is 0.386. The zero-order chi connectivity index (χ0) is 17.4. The molecule has 0 aliphatic carbocycles. The molecule has 126 valence electrons. The minimum Gasteiger partial charge on any atom is -0.456 e. The Morgan fingerprint density at radius 2 is 1.60 bits per heavy atom.